The lowest BCUT2D eigenvalue weighted by atomic mass is 10.0. The molecule has 1 heterocycles. The number of rotatable bonds is 6. The summed E-state index contributed by atoms with van der Waals surface area (Å²) >= 11 is 0. The van der Waals surface area contributed by atoms with Crippen LogP contribution in [0.3, 0.4) is 0 Å². The normalized spacial score (nSPS) is 20.9. The summed E-state index contributed by atoms with van der Waals surface area (Å²) in [6, 6.07) is 0. The summed E-state index contributed by atoms with van der Waals surface area (Å²) < 4.78 is 0. The first-order valence-electron chi connectivity index (χ1n) is 6.17. The molecule has 2 amide bonds. The van der Waals surface area contributed by atoms with Crippen LogP contribution in [-0.2, 0) is 14.4 Å². The highest BCUT2D eigenvalue weighted by Gasteiger charge is 2.32. The van der Waals surface area contributed by atoms with E-state index in [1.807, 2.05) is 6.92 Å². The highest BCUT2D eigenvalue weighted by Crippen LogP contribution is 2.16. The van der Waals surface area contributed by atoms with Crippen molar-refractivity contribution in [3.05, 3.63) is 0 Å². The Hall–Kier alpha value is -1.59. The number of hydrogen-bond acceptors (Lipinski definition) is 3. The molecule has 0 aliphatic carbocycles. The van der Waals surface area contributed by atoms with Crippen molar-refractivity contribution in [2.45, 2.75) is 26.2 Å². The Labute approximate surface area is 106 Å². The van der Waals surface area contributed by atoms with E-state index in [4.69, 9.17) is 5.11 Å². The van der Waals surface area contributed by atoms with Crippen LogP contribution in [0.5, 0.6) is 0 Å². The molecule has 2 unspecified atom stereocenters. The lowest BCUT2D eigenvalue weighted by Gasteiger charge is -2.15. The smallest absolute Gasteiger partial charge is 0.303 e. The average molecular weight is 256 g/mol. The van der Waals surface area contributed by atoms with E-state index in [1.165, 1.54) is 0 Å². The molecule has 0 aromatic carbocycles. The van der Waals surface area contributed by atoms with Crippen molar-refractivity contribution in [3.8, 4) is 0 Å². The lowest BCUT2D eigenvalue weighted by molar-refractivity contribution is -0.138. The van der Waals surface area contributed by atoms with Crippen molar-refractivity contribution in [1.29, 1.82) is 0 Å². The largest absolute Gasteiger partial charge is 0.481 e. The van der Waals surface area contributed by atoms with E-state index in [-0.39, 0.29) is 36.5 Å². The molecule has 0 bridgehead atoms. The van der Waals surface area contributed by atoms with Gasteiger partial charge in [0.15, 0.2) is 0 Å². The summed E-state index contributed by atoms with van der Waals surface area (Å²) in [5, 5.41) is 11.4. The third-order valence-electron chi connectivity index (χ3n) is 3.32. The number of carboxylic acids is 1. The Kier molecular flexibility index (Phi) is 5.12. The Morgan fingerprint density at radius 1 is 1.56 bits per heavy atom. The summed E-state index contributed by atoms with van der Waals surface area (Å²) in [5.74, 6) is -1.39. The van der Waals surface area contributed by atoms with E-state index in [9.17, 15) is 14.4 Å². The quantitative estimate of drug-likeness (QED) is 0.704. The van der Waals surface area contributed by atoms with Gasteiger partial charge in [-0.25, -0.2) is 0 Å². The standard InChI is InChI=1S/C12H20N2O4/c1-3-8(4-11(16)17)6-13-12(18)9-5-10(15)14(2)7-9/h8-9H,3-7H2,1-2H3,(H,13,18)(H,16,17). The molecule has 0 radical (unpaired) electrons. The number of likely N-dealkylation sites (tertiary alicyclic amines) is 1. The molecule has 102 valence electrons. The minimum absolute atomic E-state index is 0.0206. The molecule has 2 N–H and O–H groups in total. The molecule has 6 heteroatoms. The number of carbonyl (C=O) groups is 3. The van der Waals surface area contributed by atoms with Crippen molar-refractivity contribution in [2.24, 2.45) is 11.8 Å². The Morgan fingerprint density at radius 3 is 2.67 bits per heavy atom. The first kappa shape index (κ1) is 14.5. The van der Waals surface area contributed by atoms with Gasteiger partial charge in [0.25, 0.3) is 0 Å². The monoisotopic (exact) mass is 256 g/mol. The molecule has 1 saturated heterocycles. The minimum atomic E-state index is -0.855. The zero-order valence-electron chi connectivity index (χ0n) is 10.8. The van der Waals surface area contributed by atoms with Gasteiger partial charge in [-0.05, 0) is 5.92 Å². The molecule has 18 heavy (non-hydrogen) atoms. The highest BCUT2D eigenvalue weighted by molar-refractivity contribution is 5.89. The Balaban J connectivity index is 2.36. The van der Waals surface area contributed by atoms with Gasteiger partial charge in [-0.2, -0.15) is 0 Å². The fraction of sp³-hybridized carbons (Fsp3) is 0.750. The Bertz CT molecular complexity index is 343. The van der Waals surface area contributed by atoms with Crippen LogP contribution in [0.1, 0.15) is 26.2 Å². The maximum Gasteiger partial charge on any atom is 0.303 e. The third-order valence-corrected chi connectivity index (χ3v) is 3.32. The van der Waals surface area contributed by atoms with Gasteiger partial charge in [0.1, 0.15) is 0 Å². The summed E-state index contributed by atoms with van der Waals surface area (Å²) in [5.41, 5.74) is 0. The number of aliphatic carboxylic acids is 1. The van der Waals surface area contributed by atoms with Crippen molar-refractivity contribution >= 4 is 17.8 Å². The molecule has 0 aromatic rings. The van der Waals surface area contributed by atoms with Crippen LogP contribution in [0.25, 0.3) is 0 Å². The molecule has 1 aliphatic rings. The topological polar surface area (TPSA) is 86.7 Å². The molecule has 6 nitrogen and oxygen atoms in total. The van der Waals surface area contributed by atoms with Gasteiger partial charge in [0.2, 0.25) is 11.8 Å². The second kappa shape index (κ2) is 6.37. The average Bonchev–Trinajstić information content (AvgIpc) is 2.64. The molecular formula is C12H20N2O4. The molecular weight excluding hydrogens is 236 g/mol. The van der Waals surface area contributed by atoms with E-state index < -0.39 is 5.97 Å². The van der Waals surface area contributed by atoms with E-state index in [0.717, 1.165) is 0 Å². The predicted molar refractivity (Wildman–Crippen MR) is 64.8 cm³/mol. The summed E-state index contributed by atoms with van der Waals surface area (Å²) in [4.78, 5) is 35.2. The molecule has 1 aliphatic heterocycles. The Morgan fingerprint density at radius 2 is 2.22 bits per heavy atom. The van der Waals surface area contributed by atoms with Crippen molar-refractivity contribution in [3.63, 3.8) is 0 Å². The van der Waals surface area contributed by atoms with Crippen molar-refractivity contribution < 1.29 is 19.5 Å². The van der Waals surface area contributed by atoms with Crippen LogP contribution in [0.4, 0.5) is 0 Å². The molecule has 1 rings (SSSR count). The number of carbonyl (C=O) groups excluding carboxylic acids is 2. The number of amides is 2. The van der Waals surface area contributed by atoms with Gasteiger partial charge in [-0.15, -0.1) is 0 Å². The van der Waals surface area contributed by atoms with E-state index in [1.54, 1.807) is 11.9 Å². The first-order chi connectivity index (χ1) is 8.43. The van der Waals surface area contributed by atoms with Crippen molar-refractivity contribution in [2.75, 3.05) is 20.1 Å². The zero-order valence-corrected chi connectivity index (χ0v) is 10.8. The SMILES string of the molecule is CCC(CNC(=O)C1CC(=O)N(C)C1)CC(=O)O. The fourth-order valence-corrected chi connectivity index (χ4v) is 2.04. The van der Waals surface area contributed by atoms with Gasteiger partial charge < -0.3 is 15.3 Å². The number of hydrogen-bond donors (Lipinski definition) is 2. The van der Waals surface area contributed by atoms with E-state index >= 15 is 0 Å². The highest BCUT2D eigenvalue weighted by atomic mass is 16.4. The molecule has 1 fully saturated rings. The maximum absolute atomic E-state index is 11.8. The zero-order chi connectivity index (χ0) is 13.7. The van der Waals surface area contributed by atoms with Crippen LogP contribution in [0.15, 0.2) is 0 Å². The first-order valence-corrected chi connectivity index (χ1v) is 6.17. The van der Waals surface area contributed by atoms with Crippen LogP contribution in [0.2, 0.25) is 0 Å². The molecule has 0 saturated carbocycles. The minimum Gasteiger partial charge on any atom is -0.481 e. The molecule has 0 aromatic heterocycles. The fourth-order valence-electron chi connectivity index (χ4n) is 2.04. The summed E-state index contributed by atoms with van der Waals surface area (Å²) in [6.45, 7) is 2.70. The van der Waals surface area contributed by atoms with Crippen LogP contribution < -0.4 is 5.32 Å². The van der Waals surface area contributed by atoms with Crippen molar-refractivity contribution in [1.82, 2.24) is 10.2 Å². The predicted octanol–water partition coefficient (Wildman–Crippen LogP) is 0.0818. The molecule has 2 atom stereocenters. The second-order valence-corrected chi connectivity index (χ2v) is 4.79. The van der Waals surface area contributed by atoms with Crippen LogP contribution in [-0.4, -0.2) is 47.9 Å². The summed E-state index contributed by atoms with van der Waals surface area (Å²) in [6.07, 6.45) is 1.01. The van der Waals surface area contributed by atoms with E-state index in [0.29, 0.717) is 19.5 Å². The van der Waals surface area contributed by atoms with Gasteiger partial charge in [-0.1, -0.05) is 13.3 Å². The number of carboxylic acid groups (broad SMARTS) is 1. The van der Waals surface area contributed by atoms with Gasteiger partial charge >= 0.3 is 5.97 Å². The van der Waals surface area contributed by atoms with Gasteiger partial charge in [0, 0.05) is 33.0 Å². The third kappa shape index (κ3) is 4.01. The number of nitrogens with zero attached hydrogens (tertiary/aromatic N) is 1. The lowest BCUT2D eigenvalue weighted by Crippen LogP contribution is -2.35. The second-order valence-electron chi connectivity index (χ2n) is 4.79. The van der Waals surface area contributed by atoms with Crippen LogP contribution in [0, 0.1) is 11.8 Å². The summed E-state index contributed by atoms with van der Waals surface area (Å²) in [7, 11) is 1.68. The maximum atomic E-state index is 11.8. The molecule has 0 spiro atoms. The van der Waals surface area contributed by atoms with E-state index in [2.05, 4.69) is 5.32 Å². The van der Waals surface area contributed by atoms with Crippen LogP contribution >= 0.6 is 0 Å². The number of nitrogens with one attached hydrogen (secondary N) is 1. The van der Waals surface area contributed by atoms with Gasteiger partial charge in [0.05, 0.1) is 5.92 Å². The van der Waals surface area contributed by atoms with Gasteiger partial charge in [-0.3, -0.25) is 14.4 Å².